The molecular formula is C27H29ClN2. The number of hydrogen-bond donors (Lipinski definition) is 1. The molecule has 0 spiro atoms. The molecule has 0 bridgehead atoms. The third-order valence-electron chi connectivity index (χ3n) is 5.96. The molecule has 3 heteroatoms. The van der Waals surface area contributed by atoms with Gasteiger partial charge in [0.25, 0.3) is 0 Å². The van der Waals surface area contributed by atoms with Crippen molar-refractivity contribution in [2.24, 2.45) is 0 Å². The van der Waals surface area contributed by atoms with E-state index < -0.39 is 0 Å². The largest absolute Gasteiger partial charge is 0.314 e. The summed E-state index contributed by atoms with van der Waals surface area (Å²) in [6, 6.07) is 21.4. The molecule has 0 amide bonds. The molecule has 0 aromatic heterocycles. The van der Waals surface area contributed by atoms with Crippen LogP contribution in [0.15, 0.2) is 60.7 Å². The fourth-order valence-corrected chi connectivity index (χ4v) is 4.35. The molecule has 2 nitrogen and oxygen atoms in total. The Morgan fingerprint density at radius 2 is 1.63 bits per heavy atom. The Morgan fingerprint density at radius 1 is 0.900 bits per heavy atom. The van der Waals surface area contributed by atoms with Gasteiger partial charge in [-0.25, -0.2) is 0 Å². The van der Waals surface area contributed by atoms with Crippen molar-refractivity contribution in [2.75, 3.05) is 26.2 Å². The fourth-order valence-electron chi connectivity index (χ4n) is 4.10. The SMILES string of the molecule is Cc1cc(/C=C/c2cccc(-c3ccccc3)c2C)c(Cl)cc1CN1CCNCC1. The lowest BCUT2D eigenvalue weighted by Gasteiger charge is -2.28. The third kappa shape index (κ3) is 4.84. The van der Waals surface area contributed by atoms with Crippen LogP contribution < -0.4 is 5.32 Å². The van der Waals surface area contributed by atoms with E-state index >= 15 is 0 Å². The van der Waals surface area contributed by atoms with Crippen LogP contribution in [-0.2, 0) is 6.54 Å². The monoisotopic (exact) mass is 416 g/mol. The van der Waals surface area contributed by atoms with Gasteiger partial charge in [0, 0.05) is 37.7 Å². The molecule has 0 radical (unpaired) electrons. The lowest BCUT2D eigenvalue weighted by Crippen LogP contribution is -2.43. The highest BCUT2D eigenvalue weighted by atomic mass is 35.5. The molecule has 1 aliphatic rings. The van der Waals surface area contributed by atoms with E-state index in [4.69, 9.17) is 11.6 Å². The van der Waals surface area contributed by atoms with Crippen LogP contribution in [0.5, 0.6) is 0 Å². The highest BCUT2D eigenvalue weighted by molar-refractivity contribution is 6.32. The van der Waals surface area contributed by atoms with Gasteiger partial charge in [-0.1, -0.05) is 78.4 Å². The van der Waals surface area contributed by atoms with Crippen LogP contribution in [0.2, 0.25) is 5.02 Å². The van der Waals surface area contributed by atoms with E-state index in [-0.39, 0.29) is 0 Å². The van der Waals surface area contributed by atoms with Crippen molar-refractivity contribution >= 4 is 23.8 Å². The second-order valence-corrected chi connectivity index (χ2v) is 8.45. The first-order valence-electron chi connectivity index (χ1n) is 10.7. The van der Waals surface area contributed by atoms with Crippen LogP contribution in [0.1, 0.15) is 27.8 Å². The average Bonchev–Trinajstić information content (AvgIpc) is 2.77. The second kappa shape index (κ2) is 9.61. The fraction of sp³-hybridized carbons (Fsp3) is 0.259. The molecule has 0 saturated carbocycles. The Hall–Kier alpha value is -2.39. The topological polar surface area (TPSA) is 15.3 Å². The van der Waals surface area contributed by atoms with Crippen LogP contribution in [0.25, 0.3) is 23.3 Å². The molecule has 30 heavy (non-hydrogen) atoms. The molecule has 0 unspecified atom stereocenters. The summed E-state index contributed by atoms with van der Waals surface area (Å²) in [6.07, 6.45) is 4.32. The second-order valence-electron chi connectivity index (χ2n) is 8.05. The third-order valence-corrected chi connectivity index (χ3v) is 6.29. The highest BCUT2D eigenvalue weighted by Gasteiger charge is 2.12. The van der Waals surface area contributed by atoms with Crippen molar-refractivity contribution < 1.29 is 0 Å². The van der Waals surface area contributed by atoms with Crippen molar-refractivity contribution in [1.82, 2.24) is 10.2 Å². The zero-order valence-corrected chi connectivity index (χ0v) is 18.5. The van der Waals surface area contributed by atoms with Gasteiger partial charge in [-0.15, -0.1) is 0 Å². The first-order chi connectivity index (χ1) is 14.6. The molecule has 1 saturated heterocycles. The van der Waals surface area contributed by atoms with Crippen molar-refractivity contribution in [3.05, 3.63) is 93.5 Å². The number of nitrogens with zero attached hydrogens (tertiary/aromatic N) is 1. The van der Waals surface area contributed by atoms with Crippen LogP contribution in [-0.4, -0.2) is 31.1 Å². The summed E-state index contributed by atoms with van der Waals surface area (Å²) < 4.78 is 0. The predicted octanol–water partition coefficient (Wildman–Crippen LogP) is 6.20. The lowest BCUT2D eigenvalue weighted by atomic mass is 9.96. The molecule has 0 aliphatic carbocycles. The molecule has 0 atom stereocenters. The first kappa shape index (κ1) is 20.9. The summed E-state index contributed by atoms with van der Waals surface area (Å²) in [5.41, 5.74) is 8.71. The van der Waals surface area contributed by atoms with Crippen LogP contribution in [0.3, 0.4) is 0 Å². The van der Waals surface area contributed by atoms with Crippen molar-refractivity contribution in [1.29, 1.82) is 0 Å². The molecule has 3 aromatic rings. The molecule has 1 fully saturated rings. The predicted molar refractivity (Wildman–Crippen MR) is 130 cm³/mol. The van der Waals surface area contributed by atoms with E-state index in [0.717, 1.165) is 43.3 Å². The summed E-state index contributed by atoms with van der Waals surface area (Å²) in [5, 5.41) is 4.23. The van der Waals surface area contributed by atoms with E-state index in [1.165, 1.54) is 33.4 Å². The minimum absolute atomic E-state index is 0.818. The number of benzene rings is 3. The van der Waals surface area contributed by atoms with Gasteiger partial charge in [0.15, 0.2) is 0 Å². The Bertz CT molecular complexity index is 1030. The zero-order valence-electron chi connectivity index (χ0n) is 17.8. The van der Waals surface area contributed by atoms with Gasteiger partial charge in [-0.05, 0) is 58.9 Å². The maximum absolute atomic E-state index is 6.67. The van der Waals surface area contributed by atoms with Gasteiger partial charge in [0.2, 0.25) is 0 Å². The van der Waals surface area contributed by atoms with E-state index in [1.54, 1.807) is 0 Å². The quantitative estimate of drug-likeness (QED) is 0.498. The van der Waals surface area contributed by atoms with Gasteiger partial charge < -0.3 is 5.32 Å². The summed E-state index contributed by atoms with van der Waals surface area (Å²) in [6.45, 7) is 9.66. The summed E-state index contributed by atoms with van der Waals surface area (Å²) in [4.78, 5) is 2.49. The Balaban J connectivity index is 1.56. The summed E-state index contributed by atoms with van der Waals surface area (Å²) in [7, 11) is 0. The van der Waals surface area contributed by atoms with Gasteiger partial charge in [0.1, 0.15) is 0 Å². The standard InChI is InChI=1S/C27H29ClN2/c1-20-17-24(27(28)18-25(20)19-30-15-13-29-14-16-30)12-11-22-9-6-10-26(21(22)2)23-7-4-3-5-8-23/h3-12,17-18,29H,13-16,19H2,1-2H3/b12-11+. The average molecular weight is 417 g/mol. The normalized spacial score (nSPS) is 15.0. The van der Waals surface area contributed by atoms with Crippen molar-refractivity contribution in [2.45, 2.75) is 20.4 Å². The van der Waals surface area contributed by atoms with Gasteiger partial charge in [-0.3, -0.25) is 4.90 Å². The molecule has 1 heterocycles. The number of hydrogen-bond acceptors (Lipinski definition) is 2. The van der Waals surface area contributed by atoms with Gasteiger partial charge in [0.05, 0.1) is 0 Å². The highest BCUT2D eigenvalue weighted by Crippen LogP contribution is 2.28. The van der Waals surface area contributed by atoms with Gasteiger partial charge >= 0.3 is 0 Å². The maximum atomic E-state index is 6.67. The van der Waals surface area contributed by atoms with E-state index in [0.29, 0.717) is 0 Å². The minimum Gasteiger partial charge on any atom is -0.314 e. The zero-order chi connectivity index (χ0) is 20.9. The number of halogens is 1. The maximum Gasteiger partial charge on any atom is 0.0481 e. The van der Waals surface area contributed by atoms with Crippen LogP contribution in [0, 0.1) is 13.8 Å². The van der Waals surface area contributed by atoms with Crippen molar-refractivity contribution in [3.63, 3.8) is 0 Å². The molecule has 1 N–H and O–H groups in total. The molecule has 4 rings (SSSR count). The minimum atomic E-state index is 0.818. The van der Waals surface area contributed by atoms with E-state index in [1.807, 2.05) is 0 Å². The number of piperazine rings is 1. The summed E-state index contributed by atoms with van der Waals surface area (Å²) >= 11 is 6.67. The van der Waals surface area contributed by atoms with Crippen LogP contribution in [0.4, 0.5) is 0 Å². The van der Waals surface area contributed by atoms with Gasteiger partial charge in [-0.2, -0.15) is 0 Å². The Labute approximate surface area is 185 Å². The number of aryl methyl sites for hydroxylation is 1. The smallest absolute Gasteiger partial charge is 0.0481 e. The van der Waals surface area contributed by atoms with Crippen LogP contribution >= 0.6 is 11.6 Å². The number of nitrogens with one attached hydrogen (secondary N) is 1. The number of rotatable bonds is 5. The first-order valence-corrected chi connectivity index (χ1v) is 11.0. The molecule has 3 aromatic carbocycles. The Morgan fingerprint density at radius 3 is 2.40 bits per heavy atom. The van der Waals surface area contributed by atoms with E-state index in [9.17, 15) is 0 Å². The lowest BCUT2D eigenvalue weighted by molar-refractivity contribution is 0.233. The van der Waals surface area contributed by atoms with E-state index in [2.05, 4.69) is 96.9 Å². The Kier molecular flexibility index (Phi) is 6.69. The van der Waals surface area contributed by atoms with Crippen molar-refractivity contribution in [3.8, 4) is 11.1 Å². The molecule has 154 valence electrons. The molecule has 1 aliphatic heterocycles. The summed E-state index contributed by atoms with van der Waals surface area (Å²) in [5.74, 6) is 0. The molecular weight excluding hydrogens is 388 g/mol.